The van der Waals surface area contributed by atoms with E-state index in [1.165, 1.54) is 34.9 Å². The maximum Gasteiger partial charge on any atom is 0.311 e. The Morgan fingerprint density at radius 3 is 2.57 bits per heavy atom. The highest BCUT2D eigenvalue weighted by atomic mass is 19.1. The highest BCUT2D eigenvalue weighted by molar-refractivity contribution is 6.05. The number of carboxylic acid groups (broad SMARTS) is 1. The first kappa shape index (κ1) is 19.6. The van der Waals surface area contributed by atoms with Gasteiger partial charge in [0.2, 0.25) is 0 Å². The van der Waals surface area contributed by atoms with Crippen molar-refractivity contribution in [1.29, 1.82) is 0 Å². The van der Waals surface area contributed by atoms with Crippen molar-refractivity contribution in [3.63, 3.8) is 0 Å². The number of fused-ring (bicyclic) bond motifs is 1. The molecule has 5 nitrogen and oxygen atoms in total. The van der Waals surface area contributed by atoms with E-state index in [2.05, 4.69) is 0 Å². The van der Waals surface area contributed by atoms with Gasteiger partial charge in [-0.25, -0.2) is 4.39 Å². The summed E-state index contributed by atoms with van der Waals surface area (Å²) in [6, 6.07) is 9.89. The number of aromatic hydroxyl groups is 1. The number of unbranched alkanes of at least 4 members (excludes halogenated alkanes) is 1. The first-order valence-corrected chi connectivity index (χ1v) is 9.22. The summed E-state index contributed by atoms with van der Waals surface area (Å²) in [5.41, 5.74) is 1.65. The maximum absolute atomic E-state index is 13.6. The molecule has 3 rings (SSSR count). The van der Waals surface area contributed by atoms with Gasteiger partial charge in [0.15, 0.2) is 0 Å². The molecule has 0 saturated carbocycles. The molecule has 2 N–H and O–H groups in total. The van der Waals surface area contributed by atoms with Crippen molar-refractivity contribution >= 4 is 22.8 Å². The van der Waals surface area contributed by atoms with Crippen molar-refractivity contribution in [2.45, 2.75) is 39.0 Å². The van der Waals surface area contributed by atoms with Crippen LogP contribution in [0.15, 0.2) is 42.5 Å². The topological polar surface area (TPSA) is 79.5 Å². The molecule has 6 heteroatoms. The van der Waals surface area contributed by atoms with E-state index in [-0.39, 0.29) is 11.3 Å². The normalized spacial score (nSPS) is 12.2. The monoisotopic (exact) mass is 383 g/mol. The van der Waals surface area contributed by atoms with Gasteiger partial charge in [0.1, 0.15) is 11.6 Å². The van der Waals surface area contributed by atoms with Crippen LogP contribution < -0.4 is 0 Å². The van der Waals surface area contributed by atoms with Crippen LogP contribution in [0, 0.1) is 12.7 Å². The predicted molar refractivity (Wildman–Crippen MR) is 104 cm³/mol. The van der Waals surface area contributed by atoms with Crippen LogP contribution in [0.4, 0.5) is 4.39 Å². The van der Waals surface area contributed by atoms with E-state index in [1.807, 2.05) is 6.92 Å². The van der Waals surface area contributed by atoms with Crippen LogP contribution in [-0.4, -0.2) is 26.7 Å². The van der Waals surface area contributed by atoms with Gasteiger partial charge in [0.25, 0.3) is 5.91 Å². The molecule has 1 unspecified atom stereocenters. The minimum absolute atomic E-state index is 0.0104. The third-order valence-electron chi connectivity index (χ3n) is 5.00. The number of phenols is 1. The van der Waals surface area contributed by atoms with Crippen molar-refractivity contribution in [2.75, 3.05) is 0 Å². The summed E-state index contributed by atoms with van der Waals surface area (Å²) >= 11 is 0. The van der Waals surface area contributed by atoms with Crippen molar-refractivity contribution in [3.05, 3.63) is 65.1 Å². The van der Waals surface area contributed by atoms with Gasteiger partial charge in [-0.15, -0.1) is 0 Å². The number of halogens is 1. The number of hydrogen-bond donors (Lipinski definition) is 2. The molecule has 1 aromatic heterocycles. The van der Waals surface area contributed by atoms with E-state index >= 15 is 0 Å². The summed E-state index contributed by atoms with van der Waals surface area (Å²) < 4.78 is 15.0. The molecule has 28 heavy (non-hydrogen) atoms. The van der Waals surface area contributed by atoms with Gasteiger partial charge in [-0.05, 0) is 55.3 Å². The SMILES string of the molecule is CCCCC(C(=O)O)c1c(C)n(C(=O)c2cccc(F)c2)c2ccc(O)cc12. The molecule has 0 radical (unpaired) electrons. The summed E-state index contributed by atoms with van der Waals surface area (Å²) in [4.78, 5) is 25.1. The van der Waals surface area contributed by atoms with E-state index in [4.69, 9.17) is 0 Å². The first-order valence-electron chi connectivity index (χ1n) is 9.22. The molecule has 0 bridgehead atoms. The van der Waals surface area contributed by atoms with E-state index < -0.39 is 23.6 Å². The molecule has 0 spiro atoms. The van der Waals surface area contributed by atoms with Gasteiger partial charge in [-0.3, -0.25) is 14.2 Å². The van der Waals surface area contributed by atoms with Gasteiger partial charge in [0.05, 0.1) is 11.4 Å². The fourth-order valence-corrected chi connectivity index (χ4v) is 3.68. The molecule has 146 valence electrons. The summed E-state index contributed by atoms with van der Waals surface area (Å²) in [5.74, 6) is -2.76. The number of carbonyl (C=O) groups is 2. The Morgan fingerprint density at radius 2 is 1.93 bits per heavy atom. The summed E-state index contributed by atoms with van der Waals surface area (Å²) in [6.45, 7) is 3.67. The lowest BCUT2D eigenvalue weighted by molar-refractivity contribution is -0.139. The van der Waals surface area contributed by atoms with Gasteiger partial charge in [0, 0.05) is 16.6 Å². The van der Waals surface area contributed by atoms with Crippen LogP contribution >= 0.6 is 0 Å². The van der Waals surface area contributed by atoms with Crippen LogP contribution in [0.25, 0.3) is 10.9 Å². The second kappa shape index (κ2) is 7.84. The van der Waals surface area contributed by atoms with Crippen molar-refractivity contribution < 1.29 is 24.2 Å². The fraction of sp³-hybridized carbons (Fsp3) is 0.273. The van der Waals surface area contributed by atoms with E-state index in [1.54, 1.807) is 13.0 Å². The number of aromatic nitrogens is 1. The lowest BCUT2D eigenvalue weighted by Gasteiger charge is -2.13. The Morgan fingerprint density at radius 1 is 1.18 bits per heavy atom. The van der Waals surface area contributed by atoms with Crippen LogP contribution in [0.1, 0.15) is 53.7 Å². The first-order chi connectivity index (χ1) is 13.3. The second-order valence-electron chi connectivity index (χ2n) is 6.88. The number of rotatable bonds is 6. The second-order valence-corrected chi connectivity index (χ2v) is 6.88. The molecule has 0 aliphatic rings. The number of phenolic OH excluding ortho intramolecular Hbond substituents is 1. The fourth-order valence-electron chi connectivity index (χ4n) is 3.68. The Balaban J connectivity index is 2.26. The van der Waals surface area contributed by atoms with Crippen molar-refractivity contribution in [1.82, 2.24) is 4.57 Å². The minimum Gasteiger partial charge on any atom is -0.508 e. The molecular weight excluding hydrogens is 361 g/mol. The summed E-state index contributed by atoms with van der Waals surface area (Å²) in [7, 11) is 0. The Labute approximate surface area is 162 Å². The highest BCUT2D eigenvalue weighted by Crippen LogP contribution is 2.37. The van der Waals surface area contributed by atoms with Gasteiger partial charge >= 0.3 is 5.97 Å². The lowest BCUT2D eigenvalue weighted by Crippen LogP contribution is -2.16. The average Bonchev–Trinajstić information content (AvgIpc) is 2.93. The maximum atomic E-state index is 13.6. The number of nitrogens with zero attached hydrogens (tertiary/aromatic N) is 1. The van der Waals surface area contributed by atoms with Crippen LogP contribution in [-0.2, 0) is 4.79 Å². The van der Waals surface area contributed by atoms with E-state index in [0.717, 1.165) is 18.9 Å². The lowest BCUT2D eigenvalue weighted by atomic mass is 9.91. The summed E-state index contributed by atoms with van der Waals surface area (Å²) in [6.07, 6.45) is 1.99. The minimum atomic E-state index is -0.975. The molecule has 0 fully saturated rings. The quantitative estimate of drug-likeness (QED) is 0.638. The molecule has 0 amide bonds. The molecule has 0 aliphatic carbocycles. The Kier molecular flexibility index (Phi) is 5.49. The third kappa shape index (κ3) is 3.50. The molecule has 2 aromatic carbocycles. The molecule has 0 aliphatic heterocycles. The van der Waals surface area contributed by atoms with Gasteiger partial charge in [-0.1, -0.05) is 25.8 Å². The van der Waals surface area contributed by atoms with E-state index in [9.17, 15) is 24.2 Å². The zero-order chi connectivity index (χ0) is 20.4. The zero-order valence-electron chi connectivity index (χ0n) is 15.8. The van der Waals surface area contributed by atoms with Gasteiger partial charge < -0.3 is 10.2 Å². The van der Waals surface area contributed by atoms with Crippen LogP contribution in [0.5, 0.6) is 5.75 Å². The summed E-state index contributed by atoms with van der Waals surface area (Å²) in [5, 5.41) is 20.3. The number of carbonyl (C=O) groups excluding carboxylic acids is 1. The molecule has 1 heterocycles. The predicted octanol–water partition coefficient (Wildman–Crippen LogP) is 4.84. The van der Waals surface area contributed by atoms with Gasteiger partial charge in [-0.2, -0.15) is 0 Å². The highest BCUT2D eigenvalue weighted by Gasteiger charge is 2.29. The number of hydrogen-bond acceptors (Lipinski definition) is 3. The average molecular weight is 383 g/mol. The third-order valence-corrected chi connectivity index (χ3v) is 5.00. The number of benzene rings is 2. The van der Waals surface area contributed by atoms with Crippen molar-refractivity contribution in [3.8, 4) is 5.75 Å². The Bertz CT molecular complexity index is 1050. The standard InChI is InChI=1S/C22H22FNO4/c1-3-4-8-17(22(27)28)20-13(2)24(19-10-9-16(25)12-18(19)20)21(26)14-6-5-7-15(23)11-14/h5-7,9-12,17,25H,3-4,8H2,1-2H3,(H,27,28). The van der Waals surface area contributed by atoms with Crippen molar-refractivity contribution in [2.24, 2.45) is 0 Å². The largest absolute Gasteiger partial charge is 0.508 e. The molecule has 0 saturated heterocycles. The van der Waals surface area contributed by atoms with Crippen LogP contribution in [0.2, 0.25) is 0 Å². The van der Waals surface area contributed by atoms with Crippen LogP contribution in [0.3, 0.4) is 0 Å². The zero-order valence-corrected chi connectivity index (χ0v) is 15.8. The number of carboxylic acids is 1. The molecule has 1 atom stereocenters. The Hall–Kier alpha value is -3.15. The molecular formula is C22H22FNO4. The smallest absolute Gasteiger partial charge is 0.311 e. The molecule has 3 aromatic rings. The number of aliphatic carboxylic acids is 1. The van der Waals surface area contributed by atoms with E-state index in [0.29, 0.717) is 28.6 Å².